The van der Waals surface area contributed by atoms with E-state index in [-0.39, 0.29) is 10.7 Å². The fraction of sp³-hybridized carbons (Fsp3) is 0.500. The van der Waals surface area contributed by atoms with E-state index in [1.165, 1.54) is 24.1 Å². The zero-order valence-electron chi connectivity index (χ0n) is 11.2. The van der Waals surface area contributed by atoms with Crippen molar-refractivity contribution >= 4 is 21.4 Å². The molecule has 0 saturated carbocycles. The highest BCUT2D eigenvalue weighted by Crippen LogP contribution is 2.21. The first kappa shape index (κ1) is 14.7. The van der Waals surface area contributed by atoms with Crippen molar-refractivity contribution in [1.82, 2.24) is 9.88 Å². The second-order valence-corrected chi connectivity index (χ2v) is 6.71. The van der Waals surface area contributed by atoms with E-state index < -0.39 is 21.0 Å². The van der Waals surface area contributed by atoms with Crippen LogP contribution in [0.2, 0.25) is 0 Å². The Kier molecular flexibility index (Phi) is 4.24. The highest BCUT2D eigenvalue weighted by atomic mass is 32.2. The Morgan fingerprint density at radius 2 is 2.10 bits per heavy atom. The van der Waals surface area contributed by atoms with Crippen LogP contribution in [0.15, 0.2) is 23.4 Å². The highest BCUT2D eigenvalue weighted by molar-refractivity contribution is 7.92. The Morgan fingerprint density at radius 1 is 1.45 bits per heavy atom. The van der Waals surface area contributed by atoms with Crippen LogP contribution in [0.1, 0.15) is 6.92 Å². The second-order valence-electron chi connectivity index (χ2n) is 4.52. The van der Waals surface area contributed by atoms with Crippen molar-refractivity contribution in [1.29, 1.82) is 0 Å². The minimum atomic E-state index is -3.89. The fourth-order valence-corrected chi connectivity index (χ4v) is 3.34. The van der Waals surface area contributed by atoms with Gasteiger partial charge in [-0.15, -0.1) is 0 Å². The molecule has 0 aromatic carbocycles. The smallest absolute Gasteiger partial charge is 0.241 e. The topological polar surface area (TPSA) is 103 Å². The van der Waals surface area contributed by atoms with Crippen LogP contribution < -0.4 is 5.73 Å². The summed E-state index contributed by atoms with van der Waals surface area (Å²) in [6.07, 6.45) is 1.34. The van der Waals surface area contributed by atoms with E-state index in [4.69, 9.17) is 10.5 Å². The van der Waals surface area contributed by atoms with Gasteiger partial charge in [0.1, 0.15) is 5.25 Å². The van der Waals surface area contributed by atoms with Crippen LogP contribution in [-0.2, 0) is 19.4 Å². The van der Waals surface area contributed by atoms with E-state index >= 15 is 0 Å². The van der Waals surface area contributed by atoms with E-state index in [2.05, 4.69) is 4.98 Å². The molecule has 2 heterocycles. The minimum Gasteiger partial charge on any atom is -0.396 e. The molecule has 1 aliphatic heterocycles. The van der Waals surface area contributed by atoms with Gasteiger partial charge >= 0.3 is 0 Å². The van der Waals surface area contributed by atoms with Crippen LogP contribution in [0.25, 0.3) is 0 Å². The number of nitrogens with two attached hydrogens (primary N) is 1. The summed E-state index contributed by atoms with van der Waals surface area (Å²) in [5.41, 5.74) is 5.69. The average molecular weight is 299 g/mol. The molecule has 1 aliphatic rings. The number of nitrogens with zero attached hydrogens (tertiary/aromatic N) is 2. The lowest BCUT2D eigenvalue weighted by Gasteiger charge is -2.29. The Bertz CT molecular complexity index is 596. The molecule has 0 bridgehead atoms. The van der Waals surface area contributed by atoms with Gasteiger partial charge in [0.2, 0.25) is 15.7 Å². The van der Waals surface area contributed by atoms with Gasteiger partial charge in [-0.3, -0.25) is 4.79 Å². The largest absolute Gasteiger partial charge is 0.396 e. The lowest BCUT2D eigenvalue weighted by molar-refractivity contribution is -0.134. The van der Waals surface area contributed by atoms with Crippen molar-refractivity contribution in [2.75, 3.05) is 32.0 Å². The molecular weight excluding hydrogens is 282 g/mol. The normalized spacial score (nSPS) is 17.8. The number of morpholine rings is 1. The number of ether oxygens (including phenoxy) is 1. The van der Waals surface area contributed by atoms with Gasteiger partial charge in [-0.1, -0.05) is 0 Å². The number of aromatic nitrogens is 1. The predicted octanol–water partition coefficient (Wildman–Crippen LogP) is -0.315. The van der Waals surface area contributed by atoms with E-state index in [9.17, 15) is 13.2 Å². The average Bonchev–Trinajstić information content (AvgIpc) is 2.47. The number of carbonyl (C=O) groups is 1. The van der Waals surface area contributed by atoms with Gasteiger partial charge in [0, 0.05) is 19.3 Å². The fourth-order valence-electron chi connectivity index (χ4n) is 1.98. The molecule has 0 spiro atoms. The summed E-state index contributed by atoms with van der Waals surface area (Å²) < 4.78 is 30.0. The SMILES string of the molecule is CC(C(=O)N1CCOCC1)S(=O)(=O)c1ncccc1N. The van der Waals surface area contributed by atoms with Gasteiger partial charge in [-0.25, -0.2) is 13.4 Å². The summed E-state index contributed by atoms with van der Waals surface area (Å²) >= 11 is 0. The van der Waals surface area contributed by atoms with Crippen molar-refractivity contribution in [3.8, 4) is 0 Å². The number of hydrogen-bond donors (Lipinski definition) is 1. The maximum atomic E-state index is 12.4. The molecular formula is C12H17N3O4S. The molecule has 8 heteroatoms. The van der Waals surface area contributed by atoms with E-state index in [1.807, 2.05) is 0 Å². The summed E-state index contributed by atoms with van der Waals surface area (Å²) in [5, 5.41) is -1.45. The maximum Gasteiger partial charge on any atom is 0.241 e. The van der Waals surface area contributed by atoms with Crippen molar-refractivity contribution in [2.45, 2.75) is 17.2 Å². The predicted molar refractivity (Wildman–Crippen MR) is 72.7 cm³/mol. The Balaban J connectivity index is 2.25. The van der Waals surface area contributed by atoms with Gasteiger partial charge in [0.25, 0.3) is 0 Å². The molecule has 1 unspecified atom stereocenters. The minimum absolute atomic E-state index is 0.0501. The third-order valence-electron chi connectivity index (χ3n) is 3.21. The number of pyridine rings is 1. The Labute approximate surface area is 117 Å². The first-order chi connectivity index (χ1) is 9.44. The molecule has 1 aromatic heterocycles. The number of anilines is 1. The first-order valence-electron chi connectivity index (χ1n) is 6.25. The van der Waals surface area contributed by atoms with Crippen LogP contribution in [0.3, 0.4) is 0 Å². The van der Waals surface area contributed by atoms with Gasteiger partial charge in [0.05, 0.1) is 18.9 Å². The summed E-state index contributed by atoms with van der Waals surface area (Å²) in [5.74, 6) is -0.446. The molecule has 0 aliphatic carbocycles. The van der Waals surface area contributed by atoms with E-state index in [0.29, 0.717) is 26.3 Å². The van der Waals surface area contributed by atoms with Crippen molar-refractivity contribution in [3.63, 3.8) is 0 Å². The molecule has 7 nitrogen and oxygen atoms in total. The number of carbonyl (C=O) groups excluding carboxylic acids is 1. The van der Waals surface area contributed by atoms with Gasteiger partial charge < -0.3 is 15.4 Å². The molecule has 1 aromatic rings. The summed E-state index contributed by atoms with van der Waals surface area (Å²) in [7, 11) is -3.89. The first-order valence-corrected chi connectivity index (χ1v) is 7.80. The molecule has 1 amide bonds. The number of amides is 1. The van der Waals surface area contributed by atoms with Crippen LogP contribution in [0, 0.1) is 0 Å². The van der Waals surface area contributed by atoms with Crippen LogP contribution >= 0.6 is 0 Å². The Hall–Kier alpha value is -1.67. The van der Waals surface area contributed by atoms with Crippen LogP contribution in [0.4, 0.5) is 5.69 Å². The second kappa shape index (κ2) is 5.76. The van der Waals surface area contributed by atoms with Crippen LogP contribution in [-0.4, -0.2) is 55.8 Å². The number of nitrogen functional groups attached to an aromatic ring is 1. The summed E-state index contributed by atoms with van der Waals surface area (Å²) in [6.45, 7) is 3.00. The lowest BCUT2D eigenvalue weighted by Crippen LogP contribution is -2.47. The van der Waals surface area contributed by atoms with Crippen molar-refractivity contribution in [2.24, 2.45) is 0 Å². The summed E-state index contributed by atoms with van der Waals surface area (Å²) in [6, 6.07) is 2.99. The quantitative estimate of drug-likeness (QED) is 0.821. The molecule has 1 fully saturated rings. The molecule has 110 valence electrons. The molecule has 1 saturated heterocycles. The standard InChI is InChI=1S/C12H17N3O4S/c1-9(12(16)15-5-7-19-8-6-15)20(17,18)11-10(13)3-2-4-14-11/h2-4,9H,5-8,13H2,1H3. The highest BCUT2D eigenvalue weighted by Gasteiger charge is 2.35. The third-order valence-corrected chi connectivity index (χ3v) is 5.22. The monoisotopic (exact) mass is 299 g/mol. The molecule has 1 atom stereocenters. The van der Waals surface area contributed by atoms with E-state index in [0.717, 1.165) is 0 Å². The molecule has 2 rings (SSSR count). The van der Waals surface area contributed by atoms with Gasteiger partial charge in [-0.05, 0) is 19.1 Å². The van der Waals surface area contributed by atoms with Crippen LogP contribution in [0.5, 0.6) is 0 Å². The third kappa shape index (κ3) is 2.75. The number of sulfone groups is 1. The zero-order valence-corrected chi connectivity index (χ0v) is 12.0. The lowest BCUT2D eigenvalue weighted by atomic mass is 10.3. The molecule has 0 radical (unpaired) electrons. The molecule has 2 N–H and O–H groups in total. The van der Waals surface area contributed by atoms with E-state index in [1.54, 1.807) is 6.07 Å². The zero-order chi connectivity index (χ0) is 14.8. The maximum absolute atomic E-state index is 12.4. The van der Waals surface area contributed by atoms with Gasteiger partial charge in [0.15, 0.2) is 5.03 Å². The van der Waals surface area contributed by atoms with Crippen molar-refractivity contribution in [3.05, 3.63) is 18.3 Å². The Morgan fingerprint density at radius 3 is 2.70 bits per heavy atom. The summed E-state index contributed by atoms with van der Waals surface area (Å²) in [4.78, 5) is 17.5. The molecule has 20 heavy (non-hydrogen) atoms. The number of rotatable bonds is 3. The van der Waals surface area contributed by atoms with Gasteiger partial charge in [-0.2, -0.15) is 0 Å². The van der Waals surface area contributed by atoms with Crippen molar-refractivity contribution < 1.29 is 17.9 Å². The number of hydrogen-bond acceptors (Lipinski definition) is 6.